The Hall–Kier alpha value is -2.50. The van der Waals surface area contributed by atoms with Crippen molar-refractivity contribution in [1.29, 1.82) is 0 Å². The van der Waals surface area contributed by atoms with Crippen LogP contribution in [0.4, 0.5) is 10.5 Å². The van der Waals surface area contributed by atoms with Gasteiger partial charge >= 0.3 is 6.03 Å². The summed E-state index contributed by atoms with van der Waals surface area (Å²) in [6, 6.07) is 8.87. The number of carbonyl (C=O) groups is 2. The Labute approximate surface area is 199 Å². The average Bonchev–Trinajstić information content (AvgIpc) is 2.96. The highest BCUT2D eigenvalue weighted by molar-refractivity contribution is 6.35. The minimum Gasteiger partial charge on any atom is -0.369 e. The second-order valence-electron chi connectivity index (χ2n) is 9.36. The fourth-order valence-electron chi connectivity index (χ4n) is 4.58. The molecule has 0 aliphatic carbocycles. The van der Waals surface area contributed by atoms with Gasteiger partial charge in [-0.1, -0.05) is 36.2 Å². The highest BCUT2D eigenvalue weighted by Gasteiger charge is 2.36. The lowest BCUT2D eigenvalue weighted by atomic mass is 9.79. The summed E-state index contributed by atoms with van der Waals surface area (Å²) in [5, 5.41) is 3.63. The number of urea groups is 1. The summed E-state index contributed by atoms with van der Waals surface area (Å²) >= 11 is 12.2. The van der Waals surface area contributed by atoms with Crippen LogP contribution >= 0.6 is 23.2 Å². The van der Waals surface area contributed by atoms with Gasteiger partial charge in [0.1, 0.15) is 5.70 Å². The highest BCUT2D eigenvalue weighted by atomic mass is 35.5. The number of anilines is 1. The molecule has 7 heteroatoms. The van der Waals surface area contributed by atoms with Crippen molar-refractivity contribution in [2.24, 2.45) is 0 Å². The molecule has 2 heterocycles. The van der Waals surface area contributed by atoms with Crippen molar-refractivity contribution in [3.05, 3.63) is 68.3 Å². The number of imide groups is 1. The van der Waals surface area contributed by atoms with Gasteiger partial charge in [0.15, 0.2) is 0 Å². The molecule has 0 radical (unpaired) electrons. The number of rotatable bonds is 3. The van der Waals surface area contributed by atoms with E-state index in [0.29, 0.717) is 21.5 Å². The fraction of sp³-hybridized carbons (Fsp3) is 0.360. The summed E-state index contributed by atoms with van der Waals surface area (Å²) in [5.41, 5.74) is 5.45. The fourth-order valence-corrected chi connectivity index (χ4v) is 5.05. The number of halogens is 2. The Morgan fingerprint density at radius 3 is 2.59 bits per heavy atom. The van der Waals surface area contributed by atoms with Crippen LogP contribution in [0.2, 0.25) is 10.0 Å². The zero-order valence-corrected chi connectivity index (χ0v) is 20.4. The third-order valence-corrected chi connectivity index (χ3v) is 7.21. The van der Waals surface area contributed by atoms with Crippen LogP contribution in [0.5, 0.6) is 0 Å². The van der Waals surface area contributed by atoms with Crippen molar-refractivity contribution >= 4 is 46.9 Å². The van der Waals surface area contributed by atoms with Crippen LogP contribution in [0, 0.1) is 6.92 Å². The topological polar surface area (TPSA) is 52.7 Å². The molecule has 5 nitrogen and oxygen atoms in total. The molecule has 0 spiro atoms. The van der Waals surface area contributed by atoms with E-state index >= 15 is 0 Å². The van der Waals surface area contributed by atoms with Crippen LogP contribution in [0.15, 0.2) is 36.0 Å². The molecule has 0 saturated carbocycles. The van der Waals surface area contributed by atoms with Crippen molar-refractivity contribution in [3.63, 3.8) is 0 Å². The van der Waals surface area contributed by atoms with Gasteiger partial charge in [0.05, 0.1) is 6.54 Å². The smallest absolute Gasteiger partial charge is 0.329 e. The van der Waals surface area contributed by atoms with Gasteiger partial charge in [-0.2, -0.15) is 0 Å². The summed E-state index contributed by atoms with van der Waals surface area (Å²) in [7, 11) is 2.13. The molecule has 2 aromatic carbocycles. The molecule has 2 aliphatic rings. The Balaban J connectivity index is 1.64. The maximum atomic E-state index is 13.0. The highest BCUT2D eigenvalue weighted by Crippen LogP contribution is 2.43. The van der Waals surface area contributed by atoms with E-state index in [2.05, 4.69) is 50.2 Å². The molecule has 1 atom stereocenters. The number of aryl methyl sites for hydroxylation is 1. The van der Waals surface area contributed by atoms with E-state index in [1.807, 2.05) is 6.92 Å². The predicted octanol–water partition coefficient (Wildman–Crippen LogP) is 6.12. The largest absolute Gasteiger partial charge is 0.369 e. The van der Waals surface area contributed by atoms with E-state index in [4.69, 9.17) is 23.2 Å². The average molecular weight is 472 g/mol. The van der Waals surface area contributed by atoms with Crippen LogP contribution in [0.1, 0.15) is 55.4 Å². The van der Waals surface area contributed by atoms with E-state index < -0.39 is 6.03 Å². The summed E-state index contributed by atoms with van der Waals surface area (Å²) in [4.78, 5) is 29.0. The molecular weight excluding hydrogens is 445 g/mol. The lowest BCUT2D eigenvalue weighted by Gasteiger charge is -2.45. The first-order valence-electron chi connectivity index (χ1n) is 10.6. The molecule has 2 aromatic rings. The molecular formula is C25H27Cl2N3O2. The molecule has 1 saturated heterocycles. The number of benzene rings is 2. The standard InChI is InChI=1S/C25H27Cl2N3O2/c1-14-8-22-19(15(2)12-25(3,4)29(22)5)9-17(14)10-21-23(31)30(24(32)28-21)13-16-6-7-18(26)11-20(16)27/h6-11,15H,12-13H2,1-5H3,(H,28,32)/b21-10+. The molecule has 0 bridgehead atoms. The molecule has 1 fully saturated rings. The second kappa shape index (κ2) is 8.13. The Kier molecular flexibility index (Phi) is 5.76. The molecule has 0 aromatic heterocycles. The van der Waals surface area contributed by atoms with Crippen molar-refractivity contribution < 1.29 is 9.59 Å². The van der Waals surface area contributed by atoms with Crippen LogP contribution in [0.3, 0.4) is 0 Å². The maximum absolute atomic E-state index is 13.0. The van der Waals surface area contributed by atoms with Gasteiger partial charge < -0.3 is 10.2 Å². The maximum Gasteiger partial charge on any atom is 0.329 e. The third-order valence-electron chi connectivity index (χ3n) is 6.63. The van der Waals surface area contributed by atoms with Crippen molar-refractivity contribution in [1.82, 2.24) is 10.2 Å². The number of hydrogen-bond acceptors (Lipinski definition) is 3. The van der Waals surface area contributed by atoms with Crippen molar-refractivity contribution in [3.8, 4) is 0 Å². The van der Waals surface area contributed by atoms with Gasteiger partial charge in [0, 0.05) is 28.3 Å². The zero-order chi connectivity index (χ0) is 23.4. The SMILES string of the molecule is Cc1cc2c(cc1/C=C1/NC(=O)N(Cc3ccc(Cl)cc3Cl)C1=O)C(C)CC(C)(C)N2C. The molecule has 32 heavy (non-hydrogen) atoms. The minimum atomic E-state index is -0.460. The van der Waals surface area contributed by atoms with E-state index in [9.17, 15) is 9.59 Å². The molecule has 1 N–H and O–H groups in total. The summed E-state index contributed by atoms with van der Waals surface area (Å²) in [6.45, 7) is 8.86. The monoisotopic (exact) mass is 471 g/mol. The predicted molar refractivity (Wildman–Crippen MR) is 130 cm³/mol. The molecule has 3 amide bonds. The Morgan fingerprint density at radius 1 is 1.19 bits per heavy atom. The van der Waals surface area contributed by atoms with Gasteiger partial charge in [0.2, 0.25) is 0 Å². The quantitative estimate of drug-likeness (QED) is 0.433. The molecule has 2 aliphatic heterocycles. The molecule has 168 valence electrons. The van der Waals surface area contributed by atoms with Crippen LogP contribution in [-0.4, -0.2) is 29.4 Å². The summed E-state index contributed by atoms with van der Waals surface area (Å²) in [5.74, 6) is 0.0239. The number of fused-ring (bicyclic) bond motifs is 1. The second-order valence-corrected chi connectivity index (χ2v) is 10.2. The number of nitrogens with one attached hydrogen (secondary N) is 1. The van der Waals surface area contributed by atoms with E-state index in [1.54, 1.807) is 24.3 Å². The van der Waals surface area contributed by atoms with E-state index in [0.717, 1.165) is 22.4 Å². The van der Waals surface area contributed by atoms with Gasteiger partial charge in [-0.05, 0) is 85.7 Å². The first-order chi connectivity index (χ1) is 15.0. The van der Waals surface area contributed by atoms with Crippen molar-refractivity contribution in [2.75, 3.05) is 11.9 Å². The molecule has 1 unspecified atom stereocenters. The summed E-state index contributed by atoms with van der Waals surface area (Å²) < 4.78 is 0. The van der Waals surface area contributed by atoms with Crippen molar-refractivity contribution in [2.45, 2.75) is 52.1 Å². The first-order valence-corrected chi connectivity index (χ1v) is 11.4. The lowest BCUT2D eigenvalue weighted by molar-refractivity contribution is -0.123. The first kappa shape index (κ1) is 22.7. The van der Waals surface area contributed by atoms with Gasteiger partial charge in [-0.25, -0.2) is 4.79 Å². The number of amides is 3. The van der Waals surface area contributed by atoms with E-state index in [1.165, 1.54) is 11.3 Å². The summed E-state index contributed by atoms with van der Waals surface area (Å²) in [6.07, 6.45) is 2.81. The van der Waals surface area contributed by atoms with Crippen LogP contribution in [0.25, 0.3) is 6.08 Å². The van der Waals surface area contributed by atoms with E-state index in [-0.39, 0.29) is 23.7 Å². The van der Waals surface area contributed by atoms with Gasteiger partial charge in [0.25, 0.3) is 5.91 Å². The van der Waals surface area contributed by atoms with Crippen LogP contribution in [-0.2, 0) is 11.3 Å². The number of carbonyl (C=O) groups excluding carboxylic acids is 2. The Bertz CT molecular complexity index is 1160. The minimum absolute atomic E-state index is 0.0810. The number of nitrogens with zero attached hydrogens (tertiary/aromatic N) is 2. The normalized spacial score (nSPS) is 21.2. The number of hydrogen-bond donors (Lipinski definition) is 1. The zero-order valence-electron chi connectivity index (χ0n) is 18.9. The van der Waals surface area contributed by atoms with Gasteiger partial charge in [-0.15, -0.1) is 0 Å². The Morgan fingerprint density at radius 2 is 1.91 bits per heavy atom. The van der Waals surface area contributed by atoms with Gasteiger partial charge in [-0.3, -0.25) is 9.69 Å². The van der Waals surface area contributed by atoms with Crippen LogP contribution < -0.4 is 10.2 Å². The lowest BCUT2D eigenvalue weighted by Crippen LogP contribution is -2.45. The molecule has 4 rings (SSSR count). The third kappa shape index (κ3) is 4.00.